The third-order valence-electron chi connectivity index (χ3n) is 1.74. The lowest BCUT2D eigenvalue weighted by Gasteiger charge is -2.01. The molecule has 0 amide bonds. The maximum absolute atomic E-state index is 5.95. The van der Waals surface area contributed by atoms with Gasteiger partial charge in [0.1, 0.15) is 11.0 Å². The molecule has 0 saturated heterocycles. The van der Waals surface area contributed by atoms with Gasteiger partial charge in [0, 0.05) is 0 Å². The molecule has 66 valence electrons. The van der Waals surface area contributed by atoms with Gasteiger partial charge in [-0.3, -0.25) is 0 Å². The molecule has 1 heterocycles. The Morgan fingerprint density at radius 1 is 1.15 bits per heavy atom. The average molecular weight is 213 g/mol. The average Bonchev–Trinajstić information content (AvgIpc) is 2.02. The van der Waals surface area contributed by atoms with Crippen LogP contribution in [0, 0.1) is 6.92 Å². The molecule has 2 nitrogen and oxygen atoms in total. The summed E-state index contributed by atoms with van der Waals surface area (Å²) in [7, 11) is 0. The normalized spacial score (nSPS) is 10.7. The molecule has 0 N–H and O–H groups in total. The summed E-state index contributed by atoms with van der Waals surface area (Å²) in [4.78, 5) is 8.25. The molecular formula is C9H6Cl2N2. The highest BCUT2D eigenvalue weighted by molar-refractivity contribution is 6.41. The Labute approximate surface area is 85.5 Å². The third-order valence-corrected chi connectivity index (χ3v) is 2.33. The Balaban J connectivity index is 2.94. The SMILES string of the molecule is Cc1nc(Cl)c2c(Cl)cccc2n1. The number of hydrogen-bond donors (Lipinski definition) is 0. The first-order valence-corrected chi connectivity index (χ1v) is 4.52. The van der Waals surface area contributed by atoms with Gasteiger partial charge in [0.05, 0.1) is 15.9 Å². The van der Waals surface area contributed by atoms with Crippen LogP contribution in [-0.4, -0.2) is 9.97 Å². The number of fused-ring (bicyclic) bond motifs is 1. The number of halogens is 2. The topological polar surface area (TPSA) is 25.8 Å². The smallest absolute Gasteiger partial charge is 0.142 e. The van der Waals surface area contributed by atoms with Gasteiger partial charge in [0.25, 0.3) is 0 Å². The Kier molecular flexibility index (Phi) is 2.10. The van der Waals surface area contributed by atoms with Crippen LogP contribution in [0.2, 0.25) is 10.2 Å². The lowest BCUT2D eigenvalue weighted by atomic mass is 10.2. The van der Waals surface area contributed by atoms with Crippen molar-refractivity contribution < 1.29 is 0 Å². The van der Waals surface area contributed by atoms with Gasteiger partial charge < -0.3 is 0 Å². The number of benzene rings is 1. The van der Waals surface area contributed by atoms with Crippen molar-refractivity contribution in [1.82, 2.24) is 9.97 Å². The lowest BCUT2D eigenvalue weighted by Crippen LogP contribution is -1.90. The summed E-state index contributed by atoms with van der Waals surface area (Å²) in [5.41, 5.74) is 0.782. The Hall–Kier alpha value is -0.860. The van der Waals surface area contributed by atoms with Crippen LogP contribution in [0.4, 0.5) is 0 Å². The maximum Gasteiger partial charge on any atom is 0.142 e. The van der Waals surface area contributed by atoms with Crippen LogP contribution in [0.15, 0.2) is 18.2 Å². The molecule has 0 saturated carbocycles. The minimum Gasteiger partial charge on any atom is -0.233 e. The molecular weight excluding hydrogens is 207 g/mol. The number of aryl methyl sites for hydroxylation is 1. The van der Waals surface area contributed by atoms with Crippen molar-refractivity contribution in [1.29, 1.82) is 0 Å². The van der Waals surface area contributed by atoms with Crippen molar-refractivity contribution in [3.05, 3.63) is 34.2 Å². The van der Waals surface area contributed by atoms with Crippen LogP contribution in [0.25, 0.3) is 10.9 Å². The van der Waals surface area contributed by atoms with Crippen LogP contribution < -0.4 is 0 Å². The zero-order valence-electron chi connectivity index (χ0n) is 6.88. The summed E-state index contributed by atoms with van der Waals surface area (Å²) < 4.78 is 0. The van der Waals surface area contributed by atoms with Gasteiger partial charge in [-0.15, -0.1) is 0 Å². The molecule has 0 fully saturated rings. The molecule has 0 radical (unpaired) electrons. The van der Waals surface area contributed by atoms with E-state index in [0.29, 0.717) is 16.0 Å². The van der Waals surface area contributed by atoms with Gasteiger partial charge >= 0.3 is 0 Å². The summed E-state index contributed by atoms with van der Waals surface area (Å²) in [6.07, 6.45) is 0. The zero-order chi connectivity index (χ0) is 9.42. The van der Waals surface area contributed by atoms with E-state index in [1.165, 1.54) is 0 Å². The second-order valence-electron chi connectivity index (χ2n) is 2.70. The van der Waals surface area contributed by atoms with E-state index in [0.717, 1.165) is 10.9 Å². The minimum absolute atomic E-state index is 0.410. The monoisotopic (exact) mass is 212 g/mol. The van der Waals surface area contributed by atoms with Gasteiger partial charge in [-0.05, 0) is 19.1 Å². The summed E-state index contributed by atoms with van der Waals surface area (Å²) in [6, 6.07) is 5.48. The molecule has 13 heavy (non-hydrogen) atoms. The Morgan fingerprint density at radius 2 is 1.92 bits per heavy atom. The highest BCUT2D eigenvalue weighted by Gasteiger charge is 2.06. The largest absolute Gasteiger partial charge is 0.233 e. The number of hydrogen-bond acceptors (Lipinski definition) is 2. The van der Waals surface area contributed by atoms with Gasteiger partial charge in [0.2, 0.25) is 0 Å². The van der Waals surface area contributed by atoms with Crippen LogP contribution >= 0.6 is 23.2 Å². The van der Waals surface area contributed by atoms with E-state index in [1.807, 2.05) is 12.1 Å². The van der Waals surface area contributed by atoms with E-state index in [2.05, 4.69) is 9.97 Å². The second-order valence-corrected chi connectivity index (χ2v) is 3.46. The fourth-order valence-corrected chi connectivity index (χ4v) is 1.84. The van der Waals surface area contributed by atoms with Gasteiger partial charge in [-0.1, -0.05) is 29.3 Å². The summed E-state index contributed by atoms with van der Waals surface area (Å²) in [6.45, 7) is 1.80. The van der Waals surface area contributed by atoms with Crippen LogP contribution in [0.3, 0.4) is 0 Å². The zero-order valence-corrected chi connectivity index (χ0v) is 8.39. The molecule has 4 heteroatoms. The molecule has 0 atom stereocenters. The van der Waals surface area contributed by atoms with Crippen molar-refractivity contribution in [3.8, 4) is 0 Å². The first-order chi connectivity index (χ1) is 6.18. The third kappa shape index (κ3) is 1.47. The van der Waals surface area contributed by atoms with Crippen LogP contribution in [0.5, 0.6) is 0 Å². The second kappa shape index (κ2) is 3.13. The van der Waals surface area contributed by atoms with E-state index >= 15 is 0 Å². The molecule has 0 spiro atoms. The first-order valence-electron chi connectivity index (χ1n) is 3.77. The predicted molar refractivity (Wildman–Crippen MR) is 54.3 cm³/mol. The van der Waals surface area contributed by atoms with Crippen LogP contribution in [0.1, 0.15) is 5.82 Å². The summed E-state index contributed by atoms with van der Waals surface area (Å²) in [5.74, 6) is 0.653. The standard InChI is InChI=1S/C9H6Cl2N2/c1-5-12-7-4-2-3-6(10)8(7)9(11)13-5/h2-4H,1H3. The molecule has 0 aliphatic carbocycles. The van der Waals surface area contributed by atoms with E-state index in [-0.39, 0.29) is 0 Å². The van der Waals surface area contributed by atoms with Crippen molar-refractivity contribution in [3.63, 3.8) is 0 Å². The quantitative estimate of drug-likeness (QED) is 0.627. The highest BCUT2D eigenvalue weighted by Crippen LogP contribution is 2.27. The minimum atomic E-state index is 0.410. The van der Waals surface area contributed by atoms with Crippen molar-refractivity contribution >= 4 is 34.1 Å². The van der Waals surface area contributed by atoms with E-state index in [9.17, 15) is 0 Å². The van der Waals surface area contributed by atoms with Gasteiger partial charge in [-0.2, -0.15) is 0 Å². The summed E-state index contributed by atoms with van der Waals surface area (Å²) in [5, 5.41) is 1.71. The molecule has 1 aromatic carbocycles. The molecule has 2 aromatic rings. The molecule has 0 bridgehead atoms. The number of rotatable bonds is 0. The number of nitrogens with zero attached hydrogens (tertiary/aromatic N) is 2. The Bertz CT molecular complexity index is 468. The molecule has 0 aliphatic rings. The fourth-order valence-electron chi connectivity index (χ4n) is 1.21. The van der Waals surface area contributed by atoms with E-state index in [1.54, 1.807) is 13.0 Å². The van der Waals surface area contributed by atoms with Gasteiger partial charge in [-0.25, -0.2) is 9.97 Å². The van der Waals surface area contributed by atoms with Crippen molar-refractivity contribution in [2.45, 2.75) is 6.92 Å². The molecule has 2 rings (SSSR count). The first kappa shape index (κ1) is 8.73. The lowest BCUT2D eigenvalue weighted by molar-refractivity contribution is 1.09. The summed E-state index contributed by atoms with van der Waals surface area (Å²) >= 11 is 11.9. The predicted octanol–water partition coefficient (Wildman–Crippen LogP) is 3.25. The number of aromatic nitrogens is 2. The van der Waals surface area contributed by atoms with Crippen LogP contribution in [-0.2, 0) is 0 Å². The van der Waals surface area contributed by atoms with E-state index in [4.69, 9.17) is 23.2 Å². The maximum atomic E-state index is 5.95. The van der Waals surface area contributed by atoms with E-state index < -0.39 is 0 Å². The highest BCUT2D eigenvalue weighted by atomic mass is 35.5. The van der Waals surface area contributed by atoms with Gasteiger partial charge in [0.15, 0.2) is 0 Å². The Morgan fingerprint density at radius 3 is 2.69 bits per heavy atom. The van der Waals surface area contributed by atoms with Crippen molar-refractivity contribution in [2.75, 3.05) is 0 Å². The van der Waals surface area contributed by atoms with Crippen molar-refractivity contribution in [2.24, 2.45) is 0 Å². The molecule has 0 aliphatic heterocycles. The molecule has 1 aromatic heterocycles. The fraction of sp³-hybridized carbons (Fsp3) is 0.111. The molecule has 0 unspecified atom stereocenters.